The largest absolute Gasteiger partial charge is 0.422 e. The highest BCUT2D eigenvalue weighted by atomic mass is 79.9. The second kappa shape index (κ2) is 4.31. The van der Waals surface area contributed by atoms with Crippen molar-refractivity contribution in [1.29, 1.82) is 0 Å². The molecule has 2 rings (SSSR count). The van der Waals surface area contributed by atoms with Gasteiger partial charge in [-0.25, -0.2) is 9.97 Å². The van der Waals surface area contributed by atoms with E-state index in [0.717, 1.165) is 28.7 Å². The van der Waals surface area contributed by atoms with Gasteiger partial charge >= 0.3 is 0 Å². The van der Waals surface area contributed by atoms with E-state index in [1.54, 1.807) is 6.20 Å². The quantitative estimate of drug-likeness (QED) is 0.848. The standard InChI is InChI=1S/C11H13BrN2O/c1-3-7(4-2)10-14-9-5-8(12)6-13-11(9)15-10/h5-7H,3-4H2,1-2H3. The van der Waals surface area contributed by atoms with Crippen LogP contribution in [0.5, 0.6) is 0 Å². The van der Waals surface area contributed by atoms with Crippen LogP contribution in [0.1, 0.15) is 38.5 Å². The van der Waals surface area contributed by atoms with Gasteiger partial charge in [0.1, 0.15) is 5.52 Å². The lowest BCUT2D eigenvalue weighted by Gasteiger charge is -2.05. The topological polar surface area (TPSA) is 38.9 Å². The average molecular weight is 269 g/mol. The van der Waals surface area contributed by atoms with E-state index in [2.05, 4.69) is 39.7 Å². The number of pyridine rings is 1. The predicted octanol–water partition coefficient (Wildman–Crippen LogP) is 3.89. The van der Waals surface area contributed by atoms with Gasteiger partial charge in [-0.1, -0.05) is 13.8 Å². The van der Waals surface area contributed by atoms with Crippen molar-refractivity contribution >= 4 is 27.2 Å². The number of rotatable bonds is 3. The van der Waals surface area contributed by atoms with Gasteiger partial charge in [0.05, 0.1) is 0 Å². The Balaban J connectivity index is 2.46. The van der Waals surface area contributed by atoms with Crippen LogP contribution in [-0.2, 0) is 0 Å². The molecule has 0 bridgehead atoms. The summed E-state index contributed by atoms with van der Waals surface area (Å²) in [5.41, 5.74) is 1.45. The van der Waals surface area contributed by atoms with Crippen LogP contribution in [0.25, 0.3) is 11.2 Å². The number of fused-ring (bicyclic) bond motifs is 1. The SMILES string of the molecule is CCC(CC)c1nc2cc(Br)cnc2o1. The molecular formula is C11H13BrN2O. The predicted molar refractivity (Wildman–Crippen MR) is 62.8 cm³/mol. The Morgan fingerprint density at radius 1 is 1.40 bits per heavy atom. The molecule has 0 aliphatic carbocycles. The van der Waals surface area contributed by atoms with Crippen molar-refractivity contribution in [3.63, 3.8) is 0 Å². The van der Waals surface area contributed by atoms with Crippen molar-refractivity contribution in [1.82, 2.24) is 9.97 Å². The van der Waals surface area contributed by atoms with E-state index in [-0.39, 0.29) is 0 Å². The van der Waals surface area contributed by atoms with Gasteiger partial charge in [0.15, 0.2) is 0 Å². The zero-order valence-electron chi connectivity index (χ0n) is 8.83. The molecule has 0 unspecified atom stereocenters. The second-order valence-corrected chi connectivity index (χ2v) is 4.46. The molecule has 0 aliphatic rings. The third-order valence-electron chi connectivity index (χ3n) is 2.57. The van der Waals surface area contributed by atoms with E-state index >= 15 is 0 Å². The van der Waals surface area contributed by atoms with E-state index in [1.807, 2.05) is 6.07 Å². The van der Waals surface area contributed by atoms with Crippen LogP contribution in [0.4, 0.5) is 0 Å². The zero-order chi connectivity index (χ0) is 10.8. The van der Waals surface area contributed by atoms with Crippen molar-refractivity contribution in [2.75, 3.05) is 0 Å². The van der Waals surface area contributed by atoms with Crippen molar-refractivity contribution in [2.45, 2.75) is 32.6 Å². The molecule has 80 valence electrons. The van der Waals surface area contributed by atoms with Gasteiger partial charge in [0, 0.05) is 16.6 Å². The Bertz CT molecular complexity index is 463. The fraction of sp³-hybridized carbons (Fsp3) is 0.455. The van der Waals surface area contributed by atoms with E-state index in [0.29, 0.717) is 11.6 Å². The van der Waals surface area contributed by atoms with Crippen molar-refractivity contribution in [3.8, 4) is 0 Å². The Morgan fingerprint density at radius 2 is 2.13 bits per heavy atom. The first-order valence-corrected chi connectivity index (χ1v) is 5.95. The van der Waals surface area contributed by atoms with Gasteiger partial charge in [-0.2, -0.15) is 0 Å². The van der Waals surface area contributed by atoms with Gasteiger partial charge in [-0.15, -0.1) is 0 Å². The normalized spacial score (nSPS) is 11.5. The molecule has 0 atom stereocenters. The lowest BCUT2D eigenvalue weighted by Crippen LogP contribution is -1.94. The Morgan fingerprint density at radius 3 is 2.80 bits per heavy atom. The third kappa shape index (κ3) is 2.04. The molecule has 0 aromatic carbocycles. The highest BCUT2D eigenvalue weighted by Crippen LogP contribution is 2.26. The number of nitrogens with zero attached hydrogens (tertiary/aromatic N) is 2. The fourth-order valence-electron chi connectivity index (χ4n) is 1.63. The lowest BCUT2D eigenvalue weighted by atomic mass is 10.0. The molecular weight excluding hydrogens is 256 g/mol. The van der Waals surface area contributed by atoms with Crippen molar-refractivity contribution < 1.29 is 4.42 Å². The summed E-state index contributed by atoms with van der Waals surface area (Å²) >= 11 is 3.37. The minimum absolute atomic E-state index is 0.401. The lowest BCUT2D eigenvalue weighted by molar-refractivity contribution is 0.449. The Labute approximate surface area is 97.0 Å². The molecule has 0 spiro atoms. The minimum Gasteiger partial charge on any atom is -0.422 e. The molecule has 0 aliphatic heterocycles. The van der Waals surface area contributed by atoms with Gasteiger partial charge in [-0.05, 0) is 34.8 Å². The summed E-state index contributed by atoms with van der Waals surface area (Å²) in [7, 11) is 0. The van der Waals surface area contributed by atoms with Crippen LogP contribution in [0, 0.1) is 0 Å². The second-order valence-electron chi connectivity index (χ2n) is 3.54. The first-order valence-electron chi connectivity index (χ1n) is 5.16. The number of halogens is 1. The van der Waals surface area contributed by atoms with Gasteiger partial charge < -0.3 is 4.42 Å². The summed E-state index contributed by atoms with van der Waals surface area (Å²) in [5.74, 6) is 1.21. The van der Waals surface area contributed by atoms with E-state index in [1.165, 1.54) is 0 Å². The monoisotopic (exact) mass is 268 g/mol. The first-order chi connectivity index (χ1) is 7.24. The molecule has 0 fully saturated rings. The number of aromatic nitrogens is 2. The third-order valence-corrected chi connectivity index (χ3v) is 3.00. The summed E-state index contributed by atoms with van der Waals surface area (Å²) in [6.45, 7) is 4.29. The van der Waals surface area contributed by atoms with Crippen LogP contribution in [0.2, 0.25) is 0 Å². The maximum atomic E-state index is 5.62. The minimum atomic E-state index is 0.401. The van der Waals surface area contributed by atoms with E-state index < -0.39 is 0 Å². The molecule has 3 nitrogen and oxygen atoms in total. The molecule has 0 saturated heterocycles. The average Bonchev–Trinajstić information content (AvgIpc) is 2.62. The summed E-state index contributed by atoms with van der Waals surface area (Å²) in [6, 6.07) is 1.93. The van der Waals surface area contributed by atoms with Gasteiger partial charge in [-0.3, -0.25) is 0 Å². The molecule has 4 heteroatoms. The van der Waals surface area contributed by atoms with Gasteiger partial charge in [0.2, 0.25) is 11.6 Å². The summed E-state index contributed by atoms with van der Waals surface area (Å²) in [4.78, 5) is 8.63. The maximum Gasteiger partial charge on any atom is 0.247 e. The number of oxazole rings is 1. The van der Waals surface area contributed by atoms with Gasteiger partial charge in [0.25, 0.3) is 0 Å². The van der Waals surface area contributed by atoms with Crippen molar-refractivity contribution in [3.05, 3.63) is 22.6 Å². The van der Waals surface area contributed by atoms with Crippen LogP contribution in [0.3, 0.4) is 0 Å². The Kier molecular flexibility index (Phi) is 3.05. The van der Waals surface area contributed by atoms with E-state index in [9.17, 15) is 0 Å². The van der Waals surface area contributed by atoms with E-state index in [4.69, 9.17) is 4.42 Å². The molecule has 0 N–H and O–H groups in total. The summed E-state index contributed by atoms with van der Waals surface area (Å²) < 4.78 is 6.55. The number of hydrogen-bond acceptors (Lipinski definition) is 3. The van der Waals surface area contributed by atoms with Crippen LogP contribution < -0.4 is 0 Å². The number of hydrogen-bond donors (Lipinski definition) is 0. The highest BCUT2D eigenvalue weighted by molar-refractivity contribution is 9.10. The van der Waals surface area contributed by atoms with Crippen LogP contribution >= 0.6 is 15.9 Å². The summed E-state index contributed by atoms with van der Waals surface area (Å²) in [6.07, 6.45) is 3.82. The molecule has 2 aromatic rings. The first kappa shape index (κ1) is 10.6. The summed E-state index contributed by atoms with van der Waals surface area (Å²) in [5, 5.41) is 0. The van der Waals surface area contributed by atoms with Crippen LogP contribution in [0.15, 0.2) is 21.2 Å². The molecule has 2 aromatic heterocycles. The van der Waals surface area contributed by atoms with Crippen molar-refractivity contribution in [2.24, 2.45) is 0 Å². The zero-order valence-corrected chi connectivity index (χ0v) is 10.4. The Hall–Kier alpha value is -0.900. The smallest absolute Gasteiger partial charge is 0.247 e. The fourth-order valence-corrected chi connectivity index (χ4v) is 1.95. The maximum absolute atomic E-state index is 5.62. The molecule has 15 heavy (non-hydrogen) atoms. The highest BCUT2D eigenvalue weighted by Gasteiger charge is 2.15. The van der Waals surface area contributed by atoms with Crippen LogP contribution in [-0.4, -0.2) is 9.97 Å². The molecule has 0 amide bonds. The molecule has 2 heterocycles. The molecule has 0 saturated carbocycles. The molecule has 0 radical (unpaired) electrons.